The lowest BCUT2D eigenvalue weighted by molar-refractivity contribution is -0.162. The highest BCUT2D eigenvalue weighted by molar-refractivity contribution is 5.91. The highest BCUT2D eigenvalue weighted by Gasteiger charge is 2.56. The number of carbonyl (C=O) groups excluding carboxylic acids is 2. The normalized spacial score (nSPS) is 42.7. The molecule has 6 aliphatic rings. The van der Waals surface area contributed by atoms with Crippen LogP contribution in [0.3, 0.4) is 0 Å². The van der Waals surface area contributed by atoms with E-state index >= 15 is 0 Å². The molecule has 27 heavy (non-hydrogen) atoms. The Morgan fingerprint density at radius 1 is 1.04 bits per heavy atom. The minimum Gasteiger partial charge on any atom is -0.376 e. The van der Waals surface area contributed by atoms with Crippen molar-refractivity contribution < 1.29 is 14.3 Å². The van der Waals surface area contributed by atoms with Gasteiger partial charge >= 0.3 is 0 Å². The van der Waals surface area contributed by atoms with Gasteiger partial charge in [0.15, 0.2) is 0 Å². The van der Waals surface area contributed by atoms with Crippen LogP contribution in [-0.4, -0.2) is 60.5 Å². The molecule has 6 fully saturated rings. The first-order valence-electron chi connectivity index (χ1n) is 11.2. The zero-order valence-electron chi connectivity index (χ0n) is 16.7. The highest BCUT2D eigenvalue weighted by atomic mass is 16.5. The number of ether oxygens (including phenoxy) is 1. The summed E-state index contributed by atoms with van der Waals surface area (Å²) in [5.41, 5.74) is -0.134. The first-order chi connectivity index (χ1) is 13.0. The number of hydrogen-bond donors (Lipinski definition) is 0. The summed E-state index contributed by atoms with van der Waals surface area (Å²) >= 11 is 0. The SMILES string of the molecule is CN(CC1CCCO1)C(=O)C1CCCN1C(=O)C12CC3CC(CC(C3)C1)C2. The maximum atomic E-state index is 13.7. The van der Waals surface area contributed by atoms with E-state index < -0.39 is 0 Å². The Kier molecular flexibility index (Phi) is 4.49. The van der Waals surface area contributed by atoms with E-state index in [0.29, 0.717) is 12.5 Å². The zero-order valence-corrected chi connectivity index (χ0v) is 16.7. The quantitative estimate of drug-likeness (QED) is 0.760. The van der Waals surface area contributed by atoms with E-state index in [9.17, 15) is 9.59 Å². The van der Waals surface area contributed by atoms with Crippen LogP contribution >= 0.6 is 0 Å². The molecule has 0 aromatic carbocycles. The van der Waals surface area contributed by atoms with Gasteiger partial charge in [0.05, 0.1) is 11.5 Å². The summed E-state index contributed by atoms with van der Waals surface area (Å²) in [6, 6.07) is -0.239. The van der Waals surface area contributed by atoms with Crippen molar-refractivity contribution in [3.05, 3.63) is 0 Å². The fraction of sp³-hybridized carbons (Fsp3) is 0.909. The van der Waals surface area contributed by atoms with Gasteiger partial charge < -0.3 is 14.5 Å². The van der Waals surface area contributed by atoms with Crippen molar-refractivity contribution in [2.24, 2.45) is 23.2 Å². The molecule has 0 aromatic rings. The molecule has 4 aliphatic carbocycles. The first-order valence-corrected chi connectivity index (χ1v) is 11.2. The molecule has 0 N–H and O–H groups in total. The van der Waals surface area contributed by atoms with Gasteiger partial charge in [-0.2, -0.15) is 0 Å². The Balaban J connectivity index is 1.29. The Bertz CT molecular complexity index is 577. The van der Waals surface area contributed by atoms with Gasteiger partial charge in [0, 0.05) is 26.7 Å². The molecule has 2 unspecified atom stereocenters. The molecule has 6 rings (SSSR count). The van der Waals surface area contributed by atoms with Crippen LogP contribution in [0.4, 0.5) is 0 Å². The molecule has 2 amide bonds. The molecule has 150 valence electrons. The Morgan fingerprint density at radius 2 is 1.70 bits per heavy atom. The standard InChI is InChI=1S/C22H34N2O3/c1-23(14-18-4-3-7-27-18)20(25)19-5-2-6-24(19)21(26)22-11-15-8-16(12-22)10-17(9-15)13-22/h15-19H,2-14H2,1H3. The highest BCUT2D eigenvalue weighted by Crippen LogP contribution is 2.60. The third-order valence-electron chi connectivity index (χ3n) is 8.17. The third kappa shape index (κ3) is 3.10. The average Bonchev–Trinajstić information content (AvgIpc) is 3.30. The predicted octanol–water partition coefficient (Wildman–Crippen LogP) is 2.83. The lowest BCUT2D eigenvalue weighted by atomic mass is 9.49. The van der Waals surface area contributed by atoms with Gasteiger partial charge in [0.25, 0.3) is 0 Å². The van der Waals surface area contributed by atoms with Crippen molar-refractivity contribution in [2.45, 2.75) is 76.4 Å². The van der Waals surface area contributed by atoms with E-state index in [4.69, 9.17) is 4.74 Å². The smallest absolute Gasteiger partial charge is 0.245 e. The van der Waals surface area contributed by atoms with Crippen molar-refractivity contribution >= 4 is 11.8 Å². The third-order valence-corrected chi connectivity index (χ3v) is 8.17. The molecule has 2 saturated heterocycles. The summed E-state index contributed by atoms with van der Waals surface area (Å²) in [4.78, 5) is 30.7. The number of amides is 2. The van der Waals surface area contributed by atoms with E-state index in [1.54, 1.807) is 0 Å². The molecule has 4 bridgehead atoms. The number of rotatable bonds is 4. The van der Waals surface area contributed by atoms with Gasteiger partial charge in [-0.1, -0.05) is 0 Å². The topological polar surface area (TPSA) is 49.9 Å². The first kappa shape index (κ1) is 18.0. The van der Waals surface area contributed by atoms with Crippen LogP contribution in [0.5, 0.6) is 0 Å². The number of hydrogen-bond acceptors (Lipinski definition) is 3. The van der Waals surface area contributed by atoms with Crippen molar-refractivity contribution in [1.82, 2.24) is 9.80 Å². The number of likely N-dealkylation sites (N-methyl/N-ethyl adjacent to an activating group) is 1. The molecule has 2 aliphatic heterocycles. The summed E-state index contributed by atoms with van der Waals surface area (Å²) in [6.07, 6.45) is 11.4. The van der Waals surface area contributed by atoms with Gasteiger partial charge in [-0.15, -0.1) is 0 Å². The summed E-state index contributed by atoms with van der Waals surface area (Å²) in [5.74, 6) is 2.74. The van der Waals surface area contributed by atoms with E-state index in [-0.39, 0.29) is 23.5 Å². The Labute approximate surface area is 162 Å². The van der Waals surface area contributed by atoms with Crippen LogP contribution in [0.2, 0.25) is 0 Å². The summed E-state index contributed by atoms with van der Waals surface area (Å²) in [5, 5.41) is 0. The molecule has 2 heterocycles. The van der Waals surface area contributed by atoms with Crippen molar-refractivity contribution in [3.63, 3.8) is 0 Å². The number of nitrogens with zero attached hydrogens (tertiary/aromatic N) is 2. The maximum Gasteiger partial charge on any atom is 0.245 e. The van der Waals surface area contributed by atoms with E-state index in [0.717, 1.165) is 75.9 Å². The van der Waals surface area contributed by atoms with Gasteiger partial charge in [-0.05, 0) is 82.0 Å². The molecular weight excluding hydrogens is 340 g/mol. The van der Waals surface area contributed by atoms with Crippen LogP contribution in [0.15, 0.2) is 0 Å². The monoisotopic (exact) mass is 374 g/mol. The molecule has 2 atom stereocenters. The zero-order chi connectivity index (χ0) is 18.6. The van der Waals surface area contributed by atoms with Crippen LogP contribution in [-0.2, 0) is 14.3 Å². The van der Waals surface area contributed by atoms with E-state index in [2.05, 4.69) is 0 Å². The lowest BCUT2D eigenvalue weighted by Gasteiger charge is -2.56. The van der Waals surface area contributed by atoms with Crippen molar-refractivity contribution in [2.75, 3.05) is 26.7 Å². The summed E-state index contributed by atoms with van der Waals surface area (Å²) < 4.78 is 5.70. The summed E-state index contributed by atoms with van der Waals surface area (Å²) in [6.45, 7) is 2.24. The molecule has 0 aromatic heterocycles. The molecule has 5 nitrogen and oxygen atoms in total. The van der Waals surface area contributed by atoms with Crippen molar-refractivity contribution in [1.29, 1.82) is 0 Å². The minimum absolute atomic E-state index is 0.126. The van der Waals surface area contributed by atoms with Gasteiger partial charge in [-0.25, -0.2) is 0 Å². The molecule has 0 radical (unpaired) electrons. The number of carbonyl (C=O) groups is 2. The second-order valence-electron chi connectivity index (χ2n) is 10.2. The minimum atomic E-state index is -0.239. The number of likely N-dealkylation sites (tertiary alicyclic amines) is 1. The Hall–Kier alpha value is -1.10. The van der Waals surface area contributed by atoms with Crippen LogP contribution in [0, 0.1) is 23.2 Å². The predicted molar refractivity (Wildman–Crippen MR) is 102 cm³/mol. The molecule has 5 heteroatoms. The molecule has 4 saturated carbocycles. The largest absolute Gasteiger partial charge is 0.376 e. The van der Waals surface area contributed by atoms with Crippen molar-refractivity contribution in [3.8, 4) is 0 Å². The molecular formula is C22H34N2O3. The molecule has 0 spiro atoms. The second-order valence-corrected chi connectivity index (χ2v) is 10.2. The fourth-order valence-electron chi connectivity index (χ4n) is 7.38. The van der Waals surface area contributed by atoms with E-state index in [1.807, 2.05) is 16.8 Å². The average molecular weight is 375 g/mol. The Morgan fingerprint density at radius 3 is 2.30 bits per heavy atom. The van der Waals surface area contributed by atoms with Gasteiger partial charge in [0.1, 0.15) is 6.04 Å². The lowest BCUT2D eigenvalue weighted by Crippen LogP contribution is -2.57. The fourth-order valence-corrected chi connectivity index (χ4v) is 7.38. The van der Waals surface area contributed by atoms with Crippen LogP contribution in [0.25, 0.3) is 0 Å². The second kappa shape index (κ2) is 6.75. The van der Waals surface area contributed by atoms with Crippen LogP contribution < -0.4 is 0 Å². The van der Waals surface area contributed by atoms with Gasteiger partial charge in [0.2, 0.25) is 11.8 Å². The van der Waals surface area contributed by atoms with E-state index in [1.165, 1.54) is 19.3 Å². The summed E-state index contributed by atoms with van der Waals surface area (Å²) in [7, 11) is 1.88. The van der Waals surface area contributed by atoms with Gasteiger partial charge in [-0.3, -0.25) is 9.59 Å². The van der Waals surface area contributed by atoms with Crippen LogP contribution in [0.1, 0.15) is 64.2 Å². The maximum absolute atomic E-state index is 13.7.